The number of hydrogen-bond donors (Lipinski definition) is 0. The molecule has 0 aliphatic heterocycles. The van der Waals surface area contributed by atoms with Gasteiger partial charge in [-0.05, 0) is 56.8 Å². The van der Waals surface area contributed by atoms with Crippen LogP contribution in [0.2, 0.25) is 0 Å². The average molecular weight is 346 g/mol. The number of benzene rings is 2. The zero-order valence-corrected chi connectivity index (χ0v) is 15.4. The quantitative estimate of drug-likeness (QED) is 0.743. The third kappa shape index (κ3) is 2.29. The summed E-state index contributed by atoms with van der Waals surface area (Å²) >= 11 is 0. The molecule has 0 fully saturated rings. The second kappa shape index (κ2) is 5.82. The molecule has 0 radical (unpaired) electrons. The fourth-order valence-electron chi connectivity index (χ4n) is 5.21. The molecule has 0 aromatic heterocycles. The number of hydrogen-bond acceptors (Lipinski definition) is 0. The van der Waals surface area contributed by atoms with Crippen LogP contribution in [0, 0.1) is 5.92 Å². The summed E-state index contributed by atoms with van der Waals surface area (Å²) in [6.07, 6.45) is 22.5. The first kappa shape index (κ1) is 15.2. The van der Waals surface area contributed by atoms with E-state index in [0.29, 0.717) is 11.8 Å². The lowest BCUT2D eigenvalue weighted by atomic mass is 9.79. The van der Waals surface area contributed by atoms with Gasteiger partial charge in [-0.25, -0.2) is 0 Å². The van der Waals surface area contributed by atoms with E-state index in [4.69, 9.17) is 0 Å². The monoisotopic (exact) mass is 346 g/mol. The van der Waals surface area contributed by atoms with Crippen LogP contribution in [0.25, 0.3) is 29.9 Å². The second-order valence-electron chi connectivity index (χ2n) is 8.01. The molecule has 0 saturated heterocycles. The van der Waals surface area contributed by atoms with Crippen LogP contribution in [0.15, 0.2) is 66.3 Å². The highest BCUT2D eigenvalue weighted by Gasteiger charge is 2.24. The van der Waals surface area contributed by atoms with Crippen molar-refractivity contribution in [2.45, 2.75) is 25.2 Å². The van der Waals surface area contributed by atoms with E-state index in [1.807, 2.05) is 0 Å². The highest BCUT2D eigenvalue weighted by Crippen LogP contribution is 2.33. The lowest BCUT2D eigenvalue weighted by Crippen LogP contribution is -2.36. The summed E-state index contributed by atoms with van der Waals surface area (Å²) in [5, 5.41) is 5.63. The van der Waals surface area contributed by atoms with Crippen LogP contribution in [0.5, 0.6) is 0 Å². The standard InChI is InChI=1S/C27H22/c1-2-8-20-17-21(16-19(20)7-1)23-10-5-11-24-26(23)15-14-25-22-9-4-3-6-18(22)12-13-27(24)25/h1-2,4-5,7-11,13-17,21,23H,3,6,12H2/t23-/m0/s1. The number of allylic oxidation sites excluding steroid dienone is 6. The van der Waals surface area contributed by atoms with Gasteiger partial charge in [-0.3, -0.25) is 0 Å². The van der Waals surface area contributed by atoms with Gasteiger partial charge in [-0.1, -0.05) is 90.6 Å². The molecule has 0 spiro atoms. The van der Waals surface area contributed by atoms with Crippen LogP contribution in [0.4, 0.5) is 0 Å². The van der Waals surface area contributed by atoms with E-state index in [1.165, 1.54) is 50.4 Å². The Labute approximate surface area is 159 Å². The molecule has 0 amide bonds. The van der Waals surface area contributed by atoms with Gasteiger partial charge in [-0.2, -0.15) is 0 Å². The van der Waals surface area contributed by atoms with E-state index in [9.17, 15) is 0 Å². The van der Waals surface area contributed by atoms with Crippen molar-refractivity contribution in [1.29, 1.82) is 0 Å². The van der Waals surface area contributed by atoms with Gasteiger partial charge in [0.2, 0.25) is 0 Å². The Kier molecular flexibility index (Phi) is 3.28. The molecule has 0 bridgehead atoms. The van der Waals surface area contributed by atoms with E-state index in [2.05, 4.69) is 85.0 Å². The summed E-state index contributed by atoms with van der Waals surface area (Å²) in [6, 6.07) is 13.5. The molecule has 0 N–H and O–H groups in total. The second-order valence-corrected chi connectivity index (χ2v) is 8.01. The van der Waals surface area contributed by atoms with Gasteiger partial charge in [0.05, 0.1) is 0 Å². The van der Waals surface area contributed by atoms with Crippen molar-refractivity contribution in [3.05, 3.63) is 98.3 Å². The molecule has 27 heavy (non-hydrogen) atoms. The maximum atomic E-state index is 2.47. The third-order valence-electron chi connectivity index (χ3n) is 6.54. The van der Waals surface area contributed by atoms with Crippen molar-refractivity contribution >= 4 is 29.9 Å². The SMILES string of the molecule is C1=C[C@@H](C2C=c3ccccc3=C2)c2ccc3c(c2=C1)=CCC1=C3C=CCC1. The lowest BCUT2D eigenvalue weighted by molar-refractivity contribution is 0.767. The maximum absolute atomic E-state index is 2.47. The summed E-state index contributed by atoms with van der Waals surface area (Å²) < 4.78 is 0. The molecule has 130 valence electrons. The molecule has 2 aromatic carbocycles. The molecule has 2 aromatic rings. The maximum Gasteiger partial charge on any atom is 0.0125 e. The van der Waals surface area contributed by atoms with Crippen molar-refractivity contribution in [2.75, 3.05) is 0 Å². The van der Waals surface area contributed by atoms with Gasteiger partial charge in [-0.15, -0.1) is 0 Å². The van der Waals surface area contributed by atoms with Gasteiger partial charge in [0.15, 0.2) is 0 Å². The summed E-state index contributed by atoms with van der Waals surface area (Å²) in [5.41, 5.74) is 5.99. The van der Waals surface area contributed by atoms with Crippen LogP contribution < -0.4 is 20.9 Å². The molecule has 6 rings (SSSR count). The van der Waals surface area contributed by atoms with E-state index in [1.54, 1.807) is 5.57 Å². The van der Waals surface area contributed by atoms with Crippen molar-refractivity contribution in [3.63, 3.8) is 0 Å². The highest BCUT2D eigenvalue weighted by atomic mass is 14.3. The van der Waals surface area contributed by atoms with Gasteiger partial charge in [0, 0.05) is 11.8 Å². The normalized spacial score (nSPS) is 21.9. The molecule has 0 heterocycles. The van der Waals surface area contributed by atoms with Crippen LogP contribution in [0.1, 0.15) is 36.3 Å². The number of rotatable bonds is 1. The van der Waals surface area contributed by atoms with Gasteiger partial charge in [0.1, 0.15) is 0 Å². The zero-order valence-electron chi connectivity index (χ0n) is 15.4. The summed E-state index contributed by atoms with van der Waals surface area (Å²) in [5.74, 6) is 0.866. The average Bonchev–Trinajstić information content (AvgIpc) is 3.17. The first-order valence-electron chi connectivity index (χ1n) is 10.1. The molecular weight excluding hydrogens is 324 g/mol. The fourth-order valence-corrected chi connectivity index (χ4v) is 5.21. The third-order valence-corrected chi connectivity index (χ3v) is 6.54. The topological polar surface area (TPSA) is 0 Å². The van der Waals surface area contributed by atoms with Gasteiger partial charge < -0.3 is 0 Å². The van der Waals surface area contributed by atoms with Crippen molar-refractivity contribution in [1.82, 2.24) is 0 Å². The minimum Gasteiger partial charge on any atom is -0.0836 e. The molecule has 0 heteroatoms. The predicted molar refractivity (Wildman–Crippen MR) is 115 cm³/mol. The van der Waals surface area contributed by atoms with Crippen molar-refractivity contribution < 1.29 is 0 Å². The zero-order chi connectivity index (χ0) is 17.8. The van der Waals surface area contributed by atoms with Crippen LogP contribution in [-0.4, -0.2) is 0 Å². The van der Waals surface area contributed by atoms with Crippen LogP contribution in [-0.2, 0) is 0 Å². The molecule has 0 nitrogen and oxygen atoms in total. The first-order valence-corrected chi connectivity index (χ1v) is 10.1. The molecule has 0 unspecified atom stereocenters. The van der Waals surface area contributed by atoms with E-state index >= 15 is 0 Å². The molecule has 4 aliphatic rings. The van der Waals surface area contributed by atoms with E-state index in [-0.39, 0.29) is 0 Å². The Hall–Kier alpha value is -2.86. The number of fused-ring (bicyclic) bond motifs is 5. The van der Waals surface area contributed by atoms with Crippen molar-refractivity contribution in [2.24, 2.45) is 5.92 Å². The fraction of sp³-hybridized carbons (Fsp3) is 0.185. The Morgan fingerprint density at radius 3 is 2.59 bits per heavy atom. The minimum atomic E-state index is 0.424. The summed E-state index contributed by atoms with van der Waals surface area (Å²) in [4.78, 5) is 0. The Morgan fingerprint density at radius 2 is 1.74 bits per heavy atom. The predicted octanol–water partition coefficient (Wildman–Crippen LogP) is 3.30. The van der Waals surface area contributed by atoms with Crippen molar-refractivity contribution in [3.8, 4) is 0 Å². The van der Waals surface area contributed by atoms with Crippen LogP contribution >= 0.6 is 0 Å². The highest BCUT2D eigenvalue weighted by molar-refractivity contribution is 5.82. The molecule has 0 saturated carbocycles. The summed E-state index contributed by atoms with van der Waals surface area (Å²) in [7, 11) is 0. The van der Waals surface area contributed by atoms with Gasteiger partial charge in [0.25, 0.3) is 0 Å². The largest absolute Gasteiger partial charge is 0.0836 e. The van der Waals surface area contributed by atoms with E-state index < -0.39 is 0 Å². The Morgan fingerprint density at radius 1 is 0.889 bits per heavy atom. The Bertz CT molecular complexity index is 1260. The first-order chi connectivity index (χ1) is 13.4. The minimum absolute atomic E-state index is 0.424. The van der Waals surface area contributed by atoms with Crippen LogP contribution in [0.3, 0.4) is 0 Å². The Balaban J connectivity index is 1.51. The lowest BCUT2D eigenvalue weighted by Gasteiger charge is -2.25. The molecular formula is C27H22. The molecule has 4 aliphatic carbocycles. The smallest absolute Gasteiger partial charge is 0.0125 e. The van der Waals surface area contributed by atoms with Gasteiger partial charge >= 0.3 is 0 Å². The molecule has 1 atom stereocenters. The summed E-state index contributed by atoms with van der Waals surface area (Å²) in [6.45, 7) is 0. The van der Waals surface area contributed by atoms with E-state index in [0.717, 1.165) is 6.42 Å².